The Labute approximate surface area is 207 Å². The second-order valence-corrected chi connectivity index (χ2v) is 9.62. The molecule has 5 aromatic rings. The summed E-state index contributed by atoms with van der Waals surface area (Å²) in [4.78, 5) is 44.5. The number of imidazole rings is 2. The van der Waals surface area contributed by atoms with E-state index in [1.807, 2.05) is 48.5 Å². The lowest BCUT2D eigenvalue weighted by atomic mass is 10.3. The quantitative estimate of drug-likeness (QED) is 0.313. The van der Waals surface area contributed by atoms with Crippen LogP contribution in [0.5, 0.6) is 5.75 Å². The molecule has 35 heavy (non-hydrogen) atoms. The molecule has 2 aromatic heterocycles. The molecule has 0 atom stereocenters. The van der Waals surface area contributed by atoms with E-state index in [9.17, 15) is 9.59 Å². The number of amides is 2. The number of H-pyrrole nitrogens is 2. The molecular weight excluding hydrogens is 482 g/mol. The molecule has 0 saturated carbocycles. The number of methoxy groups -OCH3 is 1. The molecule has 0 unspecified atom stereocenters. The number of ether oxygens (including phenoxy) is 1. The molecule has 172 valence electrons. The Kier molecular flexibility index (Phi) is 5.31. The largest absolute Gasteiger partial charge is 0.497 e. The van der Waals surface area contributed by atoms with Gasteiger partial charge in [-0.15, -0.1) is 0 Å². The molecule has 8 nitrogen and oxygen atoms in total. The van der Waals surface area contributed by atoms with Crippen LogP contribution in [-0.2, 0) is 9.59 Å². The number of nitrogens with one attached hydrogen (secondary N) is 2. The van der Waals surface area contributed by atoms with Crippen molar-refractivity contribution < 1.29 is 14.3 Å². The van der Waals surface area contributed by atoms with Gasteiger partial charge in [0.2, 0.25) is 0 Å². The number of nitrogens with zero attached hydrogens (tertiary/aromatic N) is 3. The lowest BCUT2D eigenvalue weighted by Crippen LogP contribution is -2.31. The summed E-state index contributed by atoms with van der Waals surface area (Å²) in [7, 11) is 1.56. The Morgan fingerprint density at radius 1 is 0.714 bits per heavy atom. The van der Waals surface area contributed by atoms with Crippen LogP contribution in [0.25, 0.3) is 22.1 Å². The van der Waals surface area contributed by atoms with E-state index in [0.717, 1.165) is 45.6 Å². The first-order valence-corrected chi connectivity index (χ1v) is 12.3. The topological polar surface area (TPSA) is 104 Å². The molecule has 1 aliphatic heterocycles. The van der Waals surface area contributed by atoms with Crippen molar-refractivity contribution in [3.63, 3.8) is 0 Å². The Morgan fingerprint density at radius 3 is 1.66 bits per heavy atom. The molecular formula is C25H17N5O3S2. The molecule has 0 radical (unpaired) electrons. The number of anilines is 1. The number of imide groups is 1. The van der Waals surface area contributed by atoms with Crippen molar-refractivity contribution in [3.8, 4) is 5.75 Å². The van der Waals surface area contributed by atoms with Gasteiger partial charge in [-0.1, -0.05) is 24.3 Å². The van der Waals surface area contributed by atoms with Crippen molar-refractivity contribution in [2.24, 2.45) is 0 Å². The Hall–Kier alpha value is -4.02. The minimum Gasteiger partial charge on any atom is -0.497 e. The highest BCUT2D eigenvalue weighted by atomic mass is 32.2. The van der Waals surface area contributed by atoms with Crippen molar-refractivity contribution in [2.75, 3.05) is 12.0 Å². The van der Waals surface area contributed by atoms with E-state index in [1.165, 1.54) is 4.90 Å². The predicted molar refractivity (Wildman–Crippen MR) is 136 cm³/mol. The number of aromatic nitrogens is 4. The van der Waals surface area contributed by atoms with Crippen molar-refractivity contribution >= 4 is 63.1 Å². The van der Waals surface area contributed by atoms with Crippen molar-refractivity contribution in [1.82, 2.24) is 19.9 Å². The van der Waals surface area contributed by atoms with Gasteiger partial charge in [-0.3, -0.25) is 9.59 Å². The Morgan fingerprint density at radius 2 is 1.20 bits per heavy atom. The first-order valence-electron chi connectivity index (χ1n) is 10.6. The summed E-state index contributed by atoms with van der Waals surface area (Å²) in [5.41, 5.74) is 3.73. The normalized spacial score (nSPS) is 14.0. The molecule has 0 fully saturated rings. The zero-order chi connectivity index (χ0) is 23.9. The third-order valence-corrected chi connectivity index (χ3v) is 7.53. The van der Waals surface area contributed by atoms with Gasteiger partial charge in [0.1, 0.15) is 15.6 Å². The van der Waals surface area contributed by atoms with Crippen molar-refractivity contribution in [3.05, 3.63) is 82.6 Å². The average Bonchev–Trinajstić information content (AvgIpc) is 3.54. The highest BCUT2D eigenvalue weighted by molar-refractivity contribution is 8.08. The SMILES string of the molecule is COc1ccc(N2C(=O)C(Sc3nc4ccccc4[nH]3)=C(Sc3nc4ccccc4[nH]3)C2=O)cc1. The Balaban J connectivity index is 1.41. The van der Waals surface area contributed by atoms with Gasteiger partial charge < -0.3 is 14.7 Å². The summed E-state index contributed by atoms with van der Waals surface area (Å²) in [5.74, 6) is -0.192. The monoisotopic (exact) mass is 499 g/mol. The van der Waals surface area contributed by atoms with Crippen LogP contribution in [0.4, 0.5) is 5.69 Å². The van der Waals surface area contributed by atoms with Gasteiger partial charge in [0.05, 0.1) is 34.9 Å². The number of thioether (sulfide) groups is 2. The molecule has 3 heterocycles. The van der Waals surface area contributed by atoms with Gasteiger partial charge in [0.15, 0.2) is 10.3 Å². The summed E-state index contributed by atoms with van der Waals surface area (Å²) < 4.78 is 5.21. The summed E-state index contributed by atoms with van der Waals surface area (Å²) >= 11 is 2.29. The zero-order valence-electron chi connectivity index (χ0n) is 18.3. The average molecular weight is 500 g/mol. The summed E-state index contributed by atoms with van der Waals surface area (Å²) in [6.07, 6.45) is 0. The first kappa shape index (κ1) is 21.5. The summed E-state index contributed by atoms with van der Waals surface area (Å²) in [6, 6.07) is 22.0. The zero-order valence-corrected chi connectivity index (χ0v) is 19.9. The number of rotatable bonds is 6. The third-order valence-electron chi connectivity index (χ3n) is 5.46. The molecule has 0 aliphatic carbocycles. The van der Waals surface area contributed by atoms with E-state index in [1.54, 1.807) is 31.4 Å². The van der Waals surface area contributed by atoms with E-state index in [-0.39, 0.29) is 9.81 Å². The molecule has 2 amide bonds. The summed E-state index contributed by atoms with van der Waals surface area (Å²) in [6.45, 7) is 0. The van der Waals surface area contributed by atoms with Crippen molar-refractivity contribution in [2.45, 2.75) is 10.3 Å². The van der Waals surface area contributed by atoms with Gasteiger partial charge in [0, 0.05) is 0 Å². The molecule has 1 aliphatic rings. The highest BCUT2D eigenvalue weighted by Crippen LogP contribution is 2.43. The molecule has 3 aromatic carbocycles. The van der Waals surface area contributed by atoms with Crippen LogP contribution in [0.2, 0.25) is 0 Å². The van der Waals surface area contributed by atoms with Gasteiger partial charge in [-0.2, -0.15) is 0 Å². The molecule has 0 spiro atoms. The minimum atomic E-state index is -0.413. The van der Waals surface area contributed by atoms with Crippen LogP contribution in [0.1, 0.15) is 0 Å². The van der Waals surface area contributed by atoms with Crippen LogP contribution in [-0.4, -0.2) is 38.9 Å². The number of para-hydroxylation sites is 4. The number of benzene rings is 3. The maximum Gasteiger partial charge on any atom is 0.273 e. The standard InChI is InChI=1S/C25H17N5O3S2/c1-33-15-12-10-14(11-13-15)30-22(31)20(34-24-26-16-6-2-3-7-17(16)27-24)21(23(30)32)35-25-28-18-8-4-5-9-19(18)29-25/h2-13H,1H3,(H,26,27)(H,28,29). The van der Waals surface area contributed by atoms with E-state index in [4.69, 9.17) is 4.74 Å². The predicted octanol–water partition coefficient (Wildman–Crippen LogP) is 5.12. The smallest absolute Gasteiger partial charge is 0.273 e. The fraction of sp³-hybridized carbons (Fsp3) is 0.0400. The molecule has 0 saturated heterocycles. The number of carbonyl (C=O) groups is 2. The number of carbonyl (C=O) groups excluding carboxylic acids is 2. The molecule has 0 bridgehead atoms. The summed E-state index contributed by atoms with van der Waals surface area (Å²) in [5, 5.41) is 1.06. The minimum absolute atomic E-state index is 0.287. The van der Waals surface area contributed by atoms with E-state index >= 15 is 0 Å². The molecule has 2 N–H and O–H groups in total. The third kappa shape index (κ3) is 3.86. The van der Waals surface area contributed by atoms with Crippen LogP contribution in [0, 0.1) is 0 Å². The highest BCUT2D eigenvalue weighted by Gasteiger charge is 2.41. The van der Waals surface area contributed by atoms with E-state index in [0.29, 0.717) is 21.7 Å². The second-order valence-electron chi connectivity index (χ2n) is 7.62. The number of hydrogen-bond donors (Lipinski definition) is 2. The number of hydrogen-bond acceptors (Lipinski definition) is 7. The second kappa shape index (κ2) is 8.64. The number of aromatic amines is 2. The Bertz CT molecular complexity index is 1470. The molecule has 6 rings (SSSR count). The van der Waals surface area contributed by atoms with Gasteiger partial charge in [0.25, 0.3) is 11.8 Å². The van der Waals surface area contributed by atoms with Gasteiger partial charge >= 0.3 is 0 Å². The lowest BCUT2D eigenvalue weighted by Gasteiger charge is -2.15. The van der Waals surface area contributed by atoms with Crippen LogP contribution < -0.4 is 9.64 Å². The van der Waals surface area contributed by atoms with Crippen LogP contribution in [0.15, 0.2) is 92.9 Å². The maximum atomic E-state index is 13.6. The lowest BCUT2D eigenvalue weighted by molar-refractivity contribution is -0.120. The molecule has 10 heteroatoms. The van der Waals surface area contributed by atoms with Crippen molar-refractivity contribution in [1.29, 1.82) is 0 Å². The van der Waals surface area contributed by atoms with Crippen LogP contribution in [0.3, 0.4) is 0 Å². The fourth-order valence-corrected chi connectivity index (χ4v) is 5.75. The fourth-order valence-electron chi connectivity index (χ4n) is 3.78. The maximum absolute atomic E-state index is 13.6. The number of fused-ring (bicyclic) bond motifs is 2. The van der Waals surface area contributed by atoms with Gasteiger partial charge in [-0.05, 0) is 72.1 Å². The van der Waals surface area contributed by atoms with Gasteiger partial charge in [-0.25, -0.2) is 14.9 Å². The first-order chi connectivity index (χ1) is 17.1. The van der Waals surface area contributed by atoms with E-state index < -0.39 is 11.8 Å². The van der Waals surface area contributed by atoms with Crippen LogP contribution >= 0.6 is 23.5 Å². The van der Waals surface area contributed by atoms with E-state index in [2.05, 4.69) is 19.9 Å².